The largest absolute Gasteiger partial charge is 0.478 e. The number of rotatable bonds is 3. The van der Waals surface area contributed by atoms with Gasteiger partial charge in [-0.1, -0.05) is 6.08 Å². The zero-order valence-corrected chi connectivity index (χ0v) is 12.3. The van der Waals surface area contributed by atoms with Crippen LogP contribution in [0.1, 0.15) is 12.1 Å². The van der Waals surface area contributed by atoms with E-state index >= 15 is 0 Å². The van der Waals surface area contributed by atoms with Gasteiger partial charge in [0.25, 0.3) is 0 Å². The maximum Gasteiger partial charge on any atom is 0.328 e. The van der Waals surface area contributed by atoms with Crippen molar-refractivity contribution >= 4 is 34.0 Å². The van der Waals surface area contributed by atoms with Gasteiger partial charge in [-0.15, -0.1) is 11.3 Å². The molecule has 1 aromatic rings. The summed E-state index contributed by atoms with van der Waals surface area (Å²) in [5, 5.41) is 18.3. The molecule has 0 aromatic carbocycles. The Labute approximate surface area is 126 Å². The Morgan fingerprint density at radius 1 is 1.38 bits per heavy atom. The predicted molar refractivity (Wildman–Crippen MR) is 81.0 cm³/mol. The van der Waals surface area contributed by atoms with Crippen molar-refractivity contribution in [3.63, 3.8) is 0 Å². The number of likely N-dealkylation sites (N-methyl/N-ethyl adjacent to an activating group) is 1. The van der Waals surface area contributed by atoms with E-state index in [1.807, 2.05) is 5.38 Å². The van der Waals surface area contributed by atoms with Gasteiger partial charge in [0, 0.05) is 30.6 Å². The van der Waals surface area contributed by atoms with Gasteiger partial charge in [0.1, 0.15) is 0 Å². The van der Waals surface area contributed by atoms with Crippen LogP contribution >= 0.6 is 11.3 Å². The van der Waals surface area contributed by atoms with E-state index in [0.717, 1.165) is 25.2 Å². The van der Waals surface area contributed by atoms with Gasteiger partial charge in [-0.2, -0.15) is 0 Å². The van der Waals surface area contributed by atoms with E-state index in [-0.39, 0.29) is 0 Å². The second-order valence-electron chi connectivity index (χ2n) is 4.34. The lowest BCUT2D eigenvalue weighted by atomic mass is 10.1. The first-order valence-electron chi connectivity index (χ1n) is 6.11. The van der Waals surface area contributed by atoms with E-state index in [4.69, 9.17) is 15.9 Å². The molecule has 0 bridgehead atoms. The summed E-state index contributed by atoms with van der Waals surface area (Å²) in [4.78, 5) is 25.7. The fraction of sp³-hybridized carbons (Fsp3) is 0.308. The molecule has 0 spiro atoms. The van der Waals surface area contributed by atoms with Gasteiger partial charge in [0.05, 0.1) is 5.69 Å². The molecule has 7 nitrogen and oxygen atoms in total. The van der Waals surface area contributed by atoms with E-state index in [9.17, 15) is 9.59 Å². The molecule has 0 atom stereocenters. The molecular weight excluding hydrogens is 294 g/mol. The summed E-state index contributed by atoms with van der Waals surface area (Å²) in [6.45, 7) is 2.13. The van der Waals surface area contributed by atoms with E-state index in [1.165, 1.54) is 16.9 Å². The van der Waals surface area contributed by atoms with Crippen molar-refractivity contribution in [2.24, 2.45) is 0 Å². The number of aliphatic carboxylic acids is 2. The van der Waals surface area contributed by atoms with Crippen LogP contribution in [0.15, 0.2) is 23.6 Å². The van der Waals surface area contributed by atoms with Gasteiger partial charge in [-0.3, -0.25) is 0 Å². The predicted octanol–water partition coefficient (Wildman–Crippen LogP) is 1.16. The van der Waals surface area contributed by atoms with Gasteiger partial charge in [-0.05, 0) is 19.0 Å². The monoisotopic (exact) mass is 311 g/mol. The molecule has 1 aliphatic heterocycles. The van der Waals surface area contributed by atoms with E-state index in [0.29, 0.717) is 17.3 Å². The molecule has 114 valence electrons. The summed E-state index contributed by atoms with van der Waals surface area (Å²) in [6.07, 6.45) is 4.49. The van der Waals surface area contributed by atoms with Crippen LogP contribution in [0.3, 0.4) is 0 Å². The van der Waals surface area contributed by atoms with Crippen molar-refractivity contribution in [2.75, 3.05) is 25.9 Å². The average Bonchev–Trinajstić information content (AvgIpc) is 2.84. The molecule has 0 fully saturated rings. The third-order valence-corrected chi connectivity index (χ3v) is 3.24. The molecule has 8 heteroatoms. The number of nitrogens with zero attached hydrogens (tertiary/aromatic N) is 2. The van der Waals surface area contributed by atoms with Gasteiger partial charge >= 0.3 is 11.9 Å². The standard InChI is InChI=1S/C9H13N3S.C4H4O4/c1-12-4-2-3-7(5-12)8-6-13-9(10)11-8;5-3(6)1-2-4(7)8/h3,6H,2,4-5H2,1H3,(H2,10,11);1-2H,(H,5,6)(H,7,8)/b;2-1-. The molecule has 2 heterocycles. The zero-order chi connectivity index (χ0) is 15.8. The Kier molecular flexibility index (Phi) is 6.57. The number of carboxylic acids is 2. The summed E-state index contributed by atoms with van der Waals surface area (Å²) in [5.41, 5.74) is 7.94. The van der Waals surface area contributed by atoms with Crippen LogP contribution in [0.4, 0.5) is 5.13 Å². The molecule has 0 amide bonds. The van der Waals surface area contributed by atoms with Gasteiger partial charge in [0.2, 0.25) is 0 Å². The van der Waals surface area contributed by atoms with Crippen LogP contribution in [0, 0.1) is 0 Å². The molecule has 4 N–H and O–H groups in total. The topological polar surface area (TPSA) is 117 Å². The molecule has 1 aromatic heterocycles. The number of hydrogen-bond donors (Lipinski definition) is 3. The maximum absolute atomic E-state index is 9.55. The van der Waals surface area contributed by atoms with Crippen LogP contribution in [0.5, 0.6) is 0 Å². The first-order valence-corrected chi connectivity index (χ1v) is 6.99. The van der Waals surface area contributed by atoms with Gasteiger partial charge in [-0.25, -0.2) is 14.6 Å². The molecule has 21 heavy (non-hydrogen) atoms. The average molecular weight is 311 g/mol. The molecule has 0 saturated carbocycles. The summed E-state index contributed by atoms with van der Waals surface area (Å²) in [5.74, 6) is -2.51. The van der Waals surface area contributed by atoms with E-state index in [2.05, 4.69) is 23.0 Å². The number of thiazole rings is 1. The minimum atomic E-state index is -1.26. The highest BCUT2D eigenvalue weighted by molar-refractivity contribution is 7.13. The minimum absolute atomic E-state index is 0.558. The Bertz CT molecular complexity index is 550. The maximum atomic E-state index is 9.55. The SMILES string of the molecule is CN1CCC=C(c2csc(N)n2)C1.O=C(O)/C=C\C(=O)O. The molecule has 2 rings (SSSR count). The number of nitrogen functional groups attached to an aromatic ring is 1. The third kappa shape index (κ3) is 6.68. The molecule has 0 saturated heterocycles. The van der Waals surface area contributed by atoms with Crippen molar-refractivity contribution in [3.8, 4) is 0 Å². The Morgan fingerprint density at radius 3 is 2.43 bits per heavy atom. The smallest absolute Gasteiger partial charge is 0.328 e. The highest BCUT2D eigenvalue weighted by Gasteiger charge is 2.12. The van der Waals surface area contributed by atoms with Crippen LogP contribution < -0.4 is 5.73 Å². The number of anilines is 1. The number of hydrogen-bond acceptors (Lipinski definition) is 6. The van der Waals surface area contributed by atoms with Gasteiger partial charge < -0.3 is 20.8 Å². The Morgan fingerprint density at radius 2 is 2.00 bits per heavy atom. The van der Waals surface area contributed by atoms with Crippen molar-refractivity contribution in [1.29, 1.82) is 0 Å². The Balaban J connectivity index is 0.000000240. The number of aromatic nitrogens is 1. The number of carbonyl (C=O) groups is 2. The third-order valence-electron chi connectivity index (χ3n) is 2.56. The molecule has 0 unspecified atom stereocenters. The molecular formula is C13H17N3O4S. The normalized spacial score (nSPS) is 15.2. The quantitative estimate of drug-likeness (QED) is 0.717. The fourth-order valence-electron chi connectivity index (χ4n) is 1.66. The highest BCUT2D eigenvalue weighted by Crippen LogP contribution is 2.22. The lowest BCUT2D eigenvalue weighted by Gasteiger charge is -2.21. The van der Waals surface area contributed by atoms with Crippen molar-refractivity contribution < 1.29 is 19.8 Å². The molecule has 0 radical (unpaired) electrons. The van der Waals surface area contributed by atoms with E-state index in [1.54, 1.807) is 0 Å². The zero-order valence-electron chi connectivity index (χ0n) is 11.5. The van der Waals surface area contributed by atoms with E-state index < -0.39 is 11.9 Å². The van der Waals surface area contributed by atoms with Crippen molar-refractivity contribution in [3.05, 3.63) is 29.3 Å². The van der Waals surface area contributed by atoms with Crippen LogP contribution in [-0.2, 0) is 9.59 Å². The second-order valence-corrected chi connectivity index (χ2v) is 5.23. The van der Waals surface area contributed by atoms with Crippen LogP contribution in [0.25, 0.3) is 5.57 Å². The Hall–Kier alpha value is -2.19. The second kappa shape index (κ2) is 8.18. The summed E-state index contributed by atoms with van der Waals surface area (Å²) >= 11 is 1.51. The van der Waals surface area contributed by atoms with Gasteiger partial charge in [0.15, 0.2) is 5.13 Å². The number of carboxylic acid groups (broad SMARTS) is 2. The molecule has 1 aliphatic rings. The summed E-state index contributed by atoms with van der Waals surface area (Å²) in [6, 6.07) is 0. The first kappa shape index (κ1) is 16.9. The van der Waals surface area contributed by atoms with Crippen LogP contribution in [0.2, 0.25) is 0 Å². The highest BCUT2D eigenvalue weighted by atomic mass is 32.1. The van der Waals surface area contributed by atoms with Crippen molar-refractivity contribution in [1.82, 2.24) is 9.88 Å². The fourth-order valence-corrected chi connectivity index (χ4v) is 2.24. The summed E-state index contributed by atoms with van der Waals surface area (Å²) in [7, 11) is 2.13. The van der Waals surface area contributed by atoms with Crippen LogP contribution in [-0.4, -0.2) is 52.2 Å². The lowest BCUT2D eigenvalue weighted by molar-refractivity contribution is -0.134. The number of nitrogens with two attached hydrogens (primary N) is 1. The van der Waals surface area contributed by atoms with Crippen molar-refractivity contribution in [2.45, 2.75) is 6.42 Å². The lowest BCUT2D eigenvalue weighted by Crippen LogP contribution is -2.25. The molecule has 0 aliphatic carbocycles. The first-order chi connectivity index (χ1) is 9.88. The summed E-state index contributed by atoms with van der Waals surface area (Å²) < 4.78 is 0. The minimum Gasteiger partial charge on any atom is -0.478 e.